The van der Waals surface area contributed by atoms with Crippen LogP contribution in [0, 0.1) is 10.8 Å². The van der Waals surface area contributed by atoms with Crippen LogP contribution in [-0.4, -0.2) is 0 Å². The Hall–Kier alpha value is -3.85. The van der Waals surface area contributed by atoms with Gasteiger partial charge in [-0.3, -0.25) is 4.79 Å². The summed E-state index contributed by atoms with van der Waals surface area (Å²) in [5.41, 5.74) is 4.24. The fourth-order valence-corrected chi connectivity index (χ4v) is 3.42. The van der Waals surface area contributed by atoms with Gasteiger partial charge in [-0.25, -0.2) is 0 Å². The fraction of sp³-hybridized carbons (Fsp3) is 0.286. The zero-order valence-electron chi connectivity index (χ0n) is 24.0. The SMILES string of the molecule is CC(C)(C)C.CC(C)(C)C.O=c1c2ccccc2oc2ccccc12.c1ccc2c(c1)oc1ccccc12. The highest BCUT2D eigenvalue weighted by atomic mass is 16.3. The van der Waals surface area contributed by atoms with Gasteiger partial charge in [0, 0.05) is 10.8 Å². The Kier molecular flexibility index (Phi) is 9.17. The molecule has 6 aromatic rings. The molecular weight excluding hydrogens is 468 g/mol. The van der Waals surface area contributed by atoms with Gasteiger partial charge in [0.25, 0.3) is 0 Å². The van der Waals surface area contributed by atoms with Gasteiger partial charge in [-0.15, -0.1) is 0 Å². The van der Waals surface area contributed by atoms with E-state index in [9.17, 15) is 4.79 Å². The first kappa shape index (κ1) is 28.7. The van der Waals surface area contributed by atoms with Crippen LogP contribution in [0.15, 0.2) is 111 Å². The molecule has 2 heterocycles. The lowest BCUT2D eigenvalue weighted by Gasteiger charge is -2.05. The lowest BCUT2D eigenvalue weighted by molar-refractivity contribution is 0.469. The Morgan fingerprint density at radius 3 is 0.895 bits per heavy atom. The molecule has 3 nitrogen and oxygen atoms in total. The second-order valence-corrected chi connectivity index (χ2v) is 12.5. The molecule has 0 fully saturated rings. The molecule has 0 saturated carbocycles. The number of hydrogen-bond acceptors (Lipinski definition) is 3. The van der Waals surface area contributed by atoms with E-state index in [0.29, 0.717) is 32.8 Å². The molecule has 3 heteroatoms. The maximum absolute atomic E-state index is 12.0. The van der Waals surface area contributed by atoms with Crippen molar-refractivity contribution in [1.82, 2.24) is 0 Å². The van der Waals surface area contributed by atoms with E-state index in [0.717, 1.165) is 11.2 Å². The normalized spacial score (nSPS) is 11.3. The summed E-state index contributed by atoms with van der Waals surface area (Å²) in [6.45, 7) is 17.5. The van der Waals surface area contributed by atoms with Crippen LogP contribution in [-0.2, 0) is 0 Å². The third kappa shape index (κ3) is 8.62. The van der Waals surface area contributed by atoms with E-state index in [1.807, 2.05) is 72.8 Å². The van der Waals surface area contributed by atoms with Gasteiger partial charge in [-0.05, 0) is 47.2 Å². The summed E-state index contributed by atoms with van der Waals surface area (Å²) >= 11 is 0. The molecule has 2 aromatic heterocycles. The van der Waals surface area contributed by atoms with Gasteiger partial charge in [0.1, 0.15) is 22.3 Å². The summed E-state index contributed by atoms with van der Waals surface area (Å²) < 4.78 is 11.3. The largest absolute Gasteiger partial charge is 0.456 e. The fourth-order valence-electron chi connectivity index (χ4n) is 3.42. The van der Waals surface area contributed by atoms with Crippen LogP contribution in [0.4, 0.5) is 0 Å². The minimum atomic E-state index is 0.0347. The van der Waals surface area contributed by atoms with Gasteiger partial charge in [0.05, 0.1) is 10.8 Å². The number of rotatable bonds is 0. The number of furan rings is 1. The number of benzene rings is 4. The molecule has 4 aromatic carbocycles. The van der Waals surface area contributed by atoms with E-state index in [1.54, 1.807) is 12.1 Å². The first-order valence-electron chi connectivity index (χ1n) is 13.1. The second-order valence-electron chi connectivity index (χ2n) is 12.5. The highest BCUT2D eigenvalue weighted by Crippen LogP contribution is 2.27. The summed E-state index contributed by atoms with van der Waals surface area (Å²) in [5, 5.41) is 3.66. The van der Waals surface area contributed by atoms with Crippen molar-refractivity contribution in [2.24, 2.45) is 10.8 Å². The van der Waals surface area contributed by atoms with Crippen molar-refractivity contribution < 1.29 is 8.83 Å². The second kappa shape index (κ2) is 12.1. The number of para-hydroxylation sites is 4. The maximum atomic E-state index is 12.0. The van der Waals surface area contributed by atoms with E-state index in [-0.39, 0.29) is 5.43 Å². The predicted molar refractivity (Wildman–Crippen MR) is 164 cm³/mol. The average molecular weight is 509 g/mol. The number of fused-ring (bicyclic) bond motifs is 5. The van der Waals surface area contributed by atoms with Crippen LogP contribution < -0.4 is 5.43 Å². The molecule has 38 heavy (non-hydrogen) atoms. The Labute approximate surface area is 226 Å². The van der Waals surface area contributed by atoms with Crippen molar-refractivity contribution in [1.29, 1.82) is 0 Å². The van der Waals surface area contributed by atoms with Gasteiger partial charge in [-0.1, -0.05) is 116 Å². The van der Waals surface area contributed by atoms with E-state index in [1.165, 1.54) is 10.8 Å². The van der Waals surface area contributed by atoms with Gasteiger partial charge in [-0.2, -0.15) is 0 Å². The van der Waals surface area contributed by atoms with E-state index >= 15 is 0 Å². The summed E-state index contributed by atoms with van der Waals surface area (Å²) in [6, 6.07) is 30.8. The molecule has 0 radical (unpaired) electrons. The summed E-state index contributed by atoms with van der Waals surface area (Å²) in [7, 11) is 0. The molecule has 0 aliphatic carbocycles. The van der Waals surface area contributed by atoms with Crippen LogP contribution in [0.25, 0.3) is 43.9 Å². The summed E-state index contributed by atoms with van der Waals surface area (Å²) in [4.78, 5) is 12.0. The molecule has 0 aliphatic rings. The van der Waals surface area contributed by atoms with Gasteiger partial charge < -0.3 is 8.83 Å². The van der Waals surface area contributed by atoms with Crippen molar-refractivity contribution in [2.75, 3.05) is 0 Å². The number of hydrogen-bond donors (Lipinski definition) is 0. The summed E-state index contributed by atoms with van der Waals surface area (Å²) in [5.74, 6) is 0. The van der Waals surface area contributed by atoms with E-state index in [2.05, 4.69) is 67.5 Å². The minimum Gasteiger partial charge on any atom is -0.456 e. The van der Waals surface area contributed by atoms with Crippen molar-refractivity contribution >= 4 is 43.9 Å². The van der Waals surface area contributed by atoms with Crippen molar-refractivity contribution in [2.45, 2.75) is 55.4 Å². The van der Waals surface area contributed by atoms with Crippen molar-refractivity contribution in [3.05, 3.63) is 107 Å². The zero-order valence-corrected chi connectivity index (χ0v) is 24.0. The van der Waals surface area contributed by atoms with Crippen LogP contribution in [0.2, 0.25) is 0 Å². The molecule has 0 saturated heterocycles. The van der Waals surface area contributed by atoms with E-state index < -0.39 is 0 Å². The minimum absolute atomic E-state index is 0.0347. The van der Waals surface area contributed by atoms with Gasteiger partial charge in [0.2, 0.25) is 5.43 Å². The summed E-state index contributed by atoms with van der Waals surface area (Å²) in [6.07, 6.45) is 0. The Morgan fingerprint density at radius 2 is 0.605 bits per heavy atom. The first-order valence-corrected chi connectivity index (χ1v) is 13.1. The van der Waals surface area contributed by atoms with Gasteiger partial charge in [0.15, 0.2) is 0 Å². The standard InChI is InChI=1S/C13H8O2.C12H8O.2C5H12/c14-13-9-5-1-3-7-11(9)15-12-8-4-2-6-10(12)13;1-3-7-11-9(5-1)10-6-2-4-8-12(10)13-11;2*1-5(2,3)4/h1-8H;1-8H;2*1-4H3. The maximum Gasteiger partial charge on any atom is 0.200 e. The molecule has 6 rings (SSSR count). The third-order valence-electron chi connectivity index (χ3n) is 4.77. The van der Waals surface area contributed by atoms with Crippen molar-refractivity contribution in [3.63, 3.8) is 0 Å². The third-order valence-corrected chi connectivity index (χ3v) is 4.77. The molecule has 0 unspecified atom stereocenters. The van der Waals surface area contributed by atoms with Crippen LogP contribution in [0.1, 0.15) is 55.4 Å². The highest BCUT2D eigenvalue weighted by Gasteiger charge is 2.05. The molecule has 0 amide bonds. The topological polar surface area (TPSA) is 43.4 Å². The van der Waals surface area contributed by atoms with E-state index in [4.69, 9.17) is 8.83 Å². The van der Waals surface area contributed by atoms with Crippen molar-refractivity contribution in [3.8, 4) is 0 Å². The molecular formula is C35H40O3. The lowest BCUT2D eigenvalue weighted by Crippen LogP contribution is -2.01. The molecule has 0 spiro atoms. The first-order chi connectivity index (χ1) is 17.8. The molecule has 198 valence electrons. The molecule has 0 atom stereocenters. The average Bonchev–Trinajstić information content (AvgIpc) is 3.22. The molecule has 0 N–H and O–H groups in total. The van der Waals surface area contributed by atoms with Gasteiger partial charge >= 0.3 is 0 Å². The van der Waals surface area contributed by atoms with Crippen LogP contribution >= 0.6 is 0 Å². The zero-order chi connectivity index (χ0) is 27.9. The smallest absolute Gasteiger partial charge is 0.200 e. The lowest BCUT2D eigenvalue weighted by atomic mass is 10.0. The molecule has 0 aliphatic heterocycles. The predicted octanol–water partition coefficient (Wildman–Crippen LogP) is 10.6. The monoisotopic (exact) mass is 508 g/mol. The van der Waals surface area contributed by atoms with Crippen LogP contribution in [0.3, 0.4) is 0 Å². The Balaban J connectivity index is 0.000000158. The van der Waals surface area contributed by atoms with Crippen LogP contribution in [0.5, 0.6) is 0 Å². The highest BCUT2D eigenvalue weighted by molar-refractivity contribution is 6.04. The quantitative estimate of drug-likeness (QED) is 0.192. The molecule has 0 bridgehead atoms. The Bertz CT molecular complexity index is 1540. The Morgan fingerprint density at radius 1 is 0.395 bits per heavy atom.